The van der Waals surface area contributed by atoms with E-state index >= 15 is 0 Å². The highest BCUT2D eigenvalue weighted by molar-refractivity contribution is 7.91. The highest BCUT2D eigenvalue weighted by atomic mass is 32.2. The zero-order chi connectivity index (χ0) is 14.5. The second-order valence-corrected chi connectivity index (χ2v) is 6.17. The fourth-order valence-electron chi connectivity index (χ4n) is 2.03. The minimum absolute atomic E-state index is 0.315. The molecule has 1 rings (SSSR count). The van der Waals surface area contributed by atoms with Gasteiger partial charge in [0.05, 0.1) is 35.8 Å². The third kappa shape index (κ3) is 3.72. The molecule has 0 radical (unpaired) electrons. The van der Waals surface area contributed by atoms with Crippen LogP contribution in [0.15, 0.2) is 10.2 Å². The van der Waals surface area contributed by atoms with Gasteiger partial charge in [-0.3, -0.25) is 0 Å². The lowest BCUT2D eigenvalue weighted by atomic mass is 10.0. The first kappa shape index (κ1) is 15.5. The summed E-state index contributed by atoms with van der Waals surface area (Å²) in [5.41, 5.74) is 17.2. The van der Waals surface area contributed by atoms with Gasteiger partial charge in [0.25, 0.3) is 0 Å². The van der Waals surface area contributed by atoms with E-state index in [0.717, 1.165) is 0 Å². The van der Waals surface area contributed by atoms with Gasteiger partial charge >= 0.3 is 0 Å². The van der Waals surface area contributed by atoms with Gasteiger partial charge in [0, 0.05) is 24.0 Å². The zero-order valence-corrected chi connectivity index (χ0v) is 11.3. The minimum atomic E-state index is -3.46. The highest BCUT2D eigenvalue weighted by Gasteiger charge is 2.42. The molecular weight excluding hydrogens is 276 g/mol. The Labute approximate surface area is 109 Å². The van der Waals surface area contributed by atoms with Crippen molar-refractivity contribution in [3.05, 3.63) is 20.9 Å². The predicted octanol–water partition coefficient (Wildman–Crippen LogP) is 0.803. The molecule has 0 bridgehead atoms. The Balaban J connectivity index is 3.32. The Kier molecular flexibility index (Phi) is 5.40. The first-order valence-corrected chi connectivity index (χ1v) is 7.15. The van der Waals surface area contributed by atoms with Gasteiger partial charge in [-0.2, -0.15) is 0 Å². The van der Waals surface area contributed by atoms with Gasteiger partial charge in [0.2, 0.25) is 0 Å². The van der Waals surface area contributed by atoms with Crippen LogP contribution in [0, 0.1) is 0 Å². The smallest absolute Gasteiger partial charge is 0.155 e. The van der Waals surface area contributed by atoms with E-state index in [-0.39, 0.29) is 11.5 Å². The van der Waals surface area contributed by atoms with E-state index in [1.807, 2.05) is 0 Å². The van der Waals surface area contributed by atoms with Gasteiger partial charge in [0.1, 0.15) is 0 Å². The summed E-state index contributed by atoms with van der Waals surface area (Å²) in [5.74, 6) is -0.630. The molecule has 0 aromatic carbocycles. The summed E-state index contributed by atoms with van der Waals surface area (Å²) in [6.45, 7) is 0. The van der Waals surface area contributed by atoms with Gasteiger partial charge < -0.3 is 9.47 Å². The van der Waals surface area contributed by atoms with Gasteiger partial charge in [-0.25, -0.2) is 8.42 Å². The lowest BCUT2D eigenvalue weighted by molar-refractivity contribution is 0.0497. The molecular formula is C8H14N6O4S. The predicted molar refractivity (Wildman–Crippen MR) is 66.1 cm³/mol. The van der Waals surface area contributed by atoms with Gasteiger partial charge in [-0.1, -0.05) is 10.2 Å². The Bertz CT molecular complexity index is 469. The monoisotopic (exact) mass is 290 g/mol. The van der Waals surface area contributed by atoms with Crippen LogP contribution in [0.5, 0.6) is 0 Å². The molecule has 1 fully saturated rings. The van der Waals surface area contributed by atoms with Crippen LogP contribution in [0.25, 0.3) is 20.9 Å². The molecule has 11 heteroatoms. The van der Waals surface area contributed by atoms with Crippen molar-refractivity contribution in [2.24, 2.45) is 10.2 Å². The number of rotatable bonds is 4. The summed E-state index contributed by atoms with van der Waals surface area (Å²) in [7, 11) is -0.849. The zero-order valence-electron chi connectivity index (χ0n) is 10.4. The van der Waals surface area contributed by atoms with Crippen molar-refractivity contribution < 1.29 is 17.9 Å². The van der Waals surface area contributed by atoms with Crippen LogP contribution >= 0.6 is 0 Å². The van der Waals surface area contributed by atoms with E-state index in [1.54, 1.807) is 0 Å². The number of sulfone groups is 1. The quantitative estimate of drug-likeness (QED) is 0.427. The van der Waals surface area contributed by atoms with Crippen molar-refractivity contribution in [2.75, 3.05) is 25.7 Å². The first-order chi connectivity index (χ1) is 8.99. The molecule has 0 aromatic rings. The Hall–Kier alpha value is -1.51. The van der Waals surface area contributed by atoms with E-state index in [0.29, 0.717) is 0 Å². The topological polar surface area (TPSA) is 150 Å². The molecule has 0 unspecified atom stereocenters. The van der Waals surface area contributed by atoms with E-state index in [1.165, 1.54) is 14.2 Å². The van der Waals surface area contributed by atoms with Crippen molar-refractivity contribution in [1.82, 2.24) is 0 Å². The van der Waals surface area contributed by atoms with E-state index in [4.69, 9.17) is 20.5 Å². The Morgan fingerprint density at radius 2 is 1.37 bits per heavy atom. The van der Waals surface area contributed by atoms with Crippen molar-refractivity contribution in [2.45, 2.75) is 24.3 Å². The molecule has 0 N–H and O–H groups in total. The van der Waals surface area contributed by atoms with Gasteiger partial charge in [-0.15, -0.1) is 0 Å². The SMILES string of the molecule is CO[C@@H]1CS(=O)(=O)C[C@@H](OC)[C@H](N=[N+]=[N-])[C@H]1N=[N+]=[N-]. The second-order valence-electron chi connectivity index (χ2n) is 4.02. The van der Waals surface area contributed by atoms with Crippen LogP contribution in [0.1, 0.15) is 0 Å². The molecule has 1 heterocycles. The Morgan fingerprint density at radius 1 is 1.00 bits per heavy atom. The Morgan fingerprint density at radius 3 is 1.63 bits per heavy atom. The van der Waals surface area contributed by atoms with E-state index in [2.05, 4.69) is 20.1 Å². The van der Waals surface area contributed by atoms with Crippen molar-refractivity contribution >= 4 is 9.84 Å². The van der Waals surface area contributed by atoms with E-state index < -0.39 is 34.1 Å². The molecule has 0 spiro atoms. The van der Waals surface area contributed by atoms with Crippen molar-refractivity contribution in [1.29, 1.82) is 0 Å². The summed E-state index contributed by atoms with van der Waals surface area (Å²) < 4.78 is 33.9. The molecule has 0 aromatic heterocycles. The number of methoxy groups -OCH3 is 2. The van der Waals surface area contributed by atoms with Crippen LogP contribution in [-0.2, 0) is 19.3 Å². The summed E-state index contributed by atoms with van der Waals surface area (Å²) >= 11 is 0. The molecule has 19 heavy (non-hydrogen) atoms. The molecule has 1 saturated heterocycles. The summed E-state index contributed by atoms with van der Waals surface area (Å²) in [4.78, 5) is 5.32. The molecule has 106 valence electrons. The average Bonchev–Trinajstić information content (AvgIpc) is 2.47. The first-order valence-electron chi connectivity index (χ1n) is 5.33. The van der Waals surface area contributed by atoms with Crippen LogP contribution in [0.3, 0.4) is 0 Å². The van der Waals surface area contributed by atoms with Gasteiger partial charge in [0.15, 0.2) is 9.84 Å². The number of azide groups is 2. The molecule has 10 nitrogen and oxygen atoms in total. The fourth-order valence-corrected chi connectivity index (χ4v) is 3.83. The fraction of sp³-hybridized carbons (Fsp3) is 1.00. The van der Waals surface area contributed by atoms with Gasteiger partial charge in [-0.05, 0) is 11.1 Å². The maximum Gasteiger partial charge on any atom is 0.155 e. The average molecular weight is 290 g/mol. The number of ether oxygens (including phenoxy) is 2. The van der Waals surface area contributed by atoms with Crippen LogP contribution in [0.4, 0.5) is 0 Å². The van der Waals surface area contributed by atoms with Crippen molar-refractivity contribution in [3.8, 4) is 0 Å². The lowest BCUT2D eigenvalue weighted by Gasteiger charge is -2.26. The summed E-state index contributed by atoms with van der Waals surface area (Å²) in [6, 6.07) is -1.87. The van der Waals surface area contributed by atoms with Crippen LogP contribution in [-0.4, -0.2) is 58.4 Å². The van der Waals surface area contributed by atoms with Crippen LogP contribution < -0.4 is 0 Å². The molecule has 0 amide bonds. The maximum absolute atomic E-state index is 11.9. The third-order valence-corrected chi connectivity index (χ3v) is 4.60. The molecule has 1 aliphatic heterocycles. The number of hydrogen-bond donors (Lipinski definition) is 0. The second kappa shape index (κ2) is 6.60. The molecule has 4 atom stereocenters. The molecule has 0 saturated carbocycles. The normalized spacial score (nSPS) is 33.6. The third-order valence-electron chi connectivity index (χ3n) is 2.92. The maximum atomic E-state index is 11.9. The summed E-state index contributed by atoms with van der Waals surface area (Å²) in [5, 5.41) is 7.01. The largest absolute Gasteiger partial charge is 0.380 e. The van der Waals surface area contributed by atoms with E-state index in [9.17, 15) is 8.42 Å². The number of hydrogen-bond acceptors (Lipinski definition) is 6. The minimum Gasteiger partial charge on any atom is -0.380 e. The van der Waals surface area contributed by atoms with Crippen LogP contribution in [0.2, 0.25) is 0 Å². The summed E-state index contributed by atoms with van der Waals surface area (Å²) in [6.07, 6.45) is -1.76. The lowest BCUT2D eigenvalue weighted by Crippen LogP contribution is -2.42. The van der Waals surface area contributed by atoms with Crippen molar-refractivity contribution in [3.63, 3.8) is 0 Å². The standard InChI is InChI=1S/C8H14N6O4S/c1-17-5-3-19(15,16)4-6(18-2)8(12-14-10)7(5)11-13-9/h5-8H,3-4H2,1-2H3/t5-,6-,7+,8+/m1/s1. The number of nitrogens with zero attached hydrogens (tertiary/aromatic N) is 6. The molecule has 0 aliphatic carbocycles. The molecule has 1 aliphatic rings. The highest BCUT2D eigenvalue weighted by Crippen LogP contribution is 2.24.